The number of carbonyl (C=O) groups excluding carboxylic acids is 1. The van der Waals surface area contributed by atoms with E-state index in [-0.39, 0.29) is 35.2 Å². The van der Waals surface area contributed by atoms with Crippen LogP contribution < -0.4 is 10.1 Å². The summed E-state index contributed by atoms with van der Waals surface area (Å²) in [4.78, 5) is 28.4. The number of rotatable bonds is 9. The van der Waals surface area contributed by atoms with Gasteiger partial charge in [-0.05, 0) is 71.5 Å². The van der Waals surface area contributed by atoms with Crippen molar-refractivity contribution in [1.82, 2.24) is 4.98 Å². The van der Waals surface area contributed by atoms with E-state index in [0.29, 0.717) is 22.1 Å². The van der Waals surface area contributed by atoms with Crippen LogP contribution in [0.1, 0.15) is 48.0 Å². The van der Waals surface area contributed by atoms with Gasteiger partial charge in [0.1, 0.15) is 5.75 Å². The summed E-state index contributed by atoms with van der Waals surface area (Å²) < 4.78 is 31.9. The van der Waals surface area contributed by atoms with Crippen molar-refractivity contribution in [2.24, 2.45) is 5.92 Å². The first-order valence-electron chi connectivity index (χ1n) is 13.3. The molecule has 0 atom stereocenters. The molecule has 1 aliphatic rings. The first-order chi connectivity index (χ1) is 19.3. The van der Waals surface area contributed by atoms with Gasteiger partial charge in [-0.1, -0.05) is 49.6 Å². The number of fused-ring (bicyclic) bond motifs is 1. The third-order valence-corrected chi connectivity index (χ3v) is 9.02. The first kappa shape index (κ1) is 27.3. The van der Waals surface area contributed by atoms with Gasteiger partial charge >= 0.3 is 5.97 Å². The lowest BCUT2D eigenvalue weighted by molar-refractivity contribution is -0.115. The van der Waals surface area contributed by atoms with Gasteiger partial charge < -0.3 is 15.2 Å². The van der Waals surface area contributed by atoms with Crippen LogP contribution in [0.4, 0.5) is 5.69 Å². The molecule has 0 aliphatic heterocycles. The molecule has 1 fully saturated rings. The highest BCUT2D eigenvalue weighted by molar-refractivity contribution is 7.91. The van der Waals surface area contributed by atoms with Gasteiger partial charge in [0.05, 0.1) is 28.3 Å². The second-order valence-corrected chi connectivity index (χ2v) is 12.2. The molecule has 4 aromatic rings. The Kier molecular flexibility index (Phi) is 8.11. The van der Waals surface area contributed by atoms with Crippen molar-refractivity contribution in [3.63, 3.8) is 0 Å². The van der Waals surface area contributed by atoms with Crippen LogP contribution >= 0.6 is 0 Å². The Labute approximate surface area is 232 Å². The number of nitrogens with zero attached hydrogens (tertiary/aromatic N) is 1. The molecule has 3 aromatic carbocycles. The summed E-state index contributed by atoms with van der Waals surface area (Å²) in [6, 6.07) is 20.2. The number of carboxylic acid groups (broad SMARTS) is 1. The van der Waals surface area contributed by atoms with Gasteiger partial charge in [-0.3, -0.25) is 4.79 Å². The minimum Gasteiger partial charge on any atom is -0.478 e. The topological polar surface area (TPSA) is 123 Å². The predicted octanol–water partition coefficient (Wildman–Crippen LogP) is 6.26. The number of carbonyl (C=O) groups is 2. The Hall–Kier alpha value is -4.24. The molecule has 0 bridgehead atoms. The van der Waals surface area contributed by atoms with Gasteiger partial charge in [-0.25, -0.2) is 18.2 Å². The Morgan fingerprint density at radius 2 is 1.68 bits per heavy atom. The van der Waals surface area contributed by atoms with E-state index in [9.17, 15) is 23.1 Å². The Balaban J connectivity index is 1.21. The van der Waals surface area contributed by atoms with Crippen LogP contribution in [-0.4, -0.2) is 36.1 Å². The van der Waals surface area contributed by atoms with Crippen molar-refractivity contribution in [3.8, 4) is 11.6 Å². The van der Waals surface area contributed by atoms with E-state index in [4.69, 9.17) is 4.74 Å². The molecule has 5 rings (SSSR count). The van der Waals surface area contributed by atoms with Gasteiger partial charge in [0, 0.05) is 12.3 Å². The first-order valence-corrected chi connectivity index (χ1v) is 14.9. The van der Waals surface area contributed by atoms with Gasteiger partial charge in [-0.2, -0.15) is 0 Å². The molecular formula is C31H30N2O6S. The van der Waals surface area contributed by atoms with Crippen molar-refractivity contribution < 1.29 is 27.9 Å². The average molecular weight is 559 g/mol. The van der Waals surface area contributed by atoms with Crippen LogP contribution in [0.3, 0.4) is 0 Å². The Bertz CT molecular complexity index is 1640. The smallest absolute Gasteiger partial charge is 0.337 e. The highest BCUT2D eigenvalue weighted by atomic mass is 32.2. The molecule has 1 heterocycles. The lowest BCUT2D eigenvalue weighted by atomic mass is 9.91. The molecule has 9 heteroatoms. The number of aromatic carboxylic acids is 1. The normalized spacial score (nSPS) is 14.1. The Morgan fingerprint density at radius 1 is 0.925 bits per heavy atom. The molecular weight excluding hydrogens is 528 g/mol. The summed E-state index contributed by atoms with van der Waals surface area (Å²) in [7, 11) is -3.34. The van der Waals surface area contributed by atoms with Crippen molar-refractivity contribution in [2.45, 2.75) is 43.4 Å². The van der Waals surface area contributed by atoms with Gasteiger partial charge in [-0.15, -0.1) is 0 Å². The summed E-state index contributed by atoms with van der Waals surface area (Å²) in [6.07, 6.45) is 6.92. The van der Waals surface area contributed by atoms with Crippen LogP contribution in [0.2, 0.25) is 0 Å². The maximum atomic E-state index is 13.0. The quantitative estimate of drug-likeness (QED) is 0.249. The summed E-state index contributed by atoms with van der Waals surface area (Å²) in [5.74, 6) is -0.141. The molecule has 1 saturated carbocycles. The number of ether oxygens (including phenoxy) is 1. The molecule has 40 heavy (non-hydrogen) atoms. The van der Waals surface area contributed by atoms with E-state index in [1.54, 1.807) is 48.5 Å². The number of carboxylic acids is 1. The number of pyridine rings is 1. The van der Waals surface area contributed by atoms with E-state index in [1.165, 1.54) is 24.8 Å². The standard InChI is InChI=1S/C31H30N2O6S/c34-29(33-28-9-5-4-8-27(28)31(35)36)16-22-10-15-30(32-19-22)39-25-13-11-24-18-26(14-12-23(24)17-25)40(37,38)20-21-6-2-1-3-7-21/h4-5,8-15,17-19,21H,1-3,6-7,16,20H2,(H,33,34)(H,35,36). The van der Waals surface area contributed by atoms with E-state index in [0.717, 1.165) is 36.5 Å². The fraction of sp³-hybridized carbons (Fsp3) is 0.258. The zero-order chi connectivity index (χ0) is 28.1. The number of benzene rings is 3. The number of nitrogens with one attached hydrogen (secondary N) is 1. The molecule has 0 spiro atoms. The third-order valence-electron chi connectivity index (χ3n) is 7.14. The molecule has 1 aliphatic carbocycles. The molecule has 2 N–H and O–H groups in total. The monoisotopic (exact) mass is 558 g/mol. The van der Waals surface area contributed by atoms with Crippen LogP contribution in [0.15, 0.2) is 83.9 Å². The van der Waals surface area contributed by atoms with Gasteiger partial charge in [0.2, 0.25) is 11.8 Å². The predicted molar refractivity (Wildman–Crippen MR) is 153 cm³/mol. The third kappa shape index (κ3) is 6.66. The molecule has 1 aromatic heterocycles. The minimum absolute atomic E-state index is 0.0171. The zero-order valence-electron chi connectivity index (χ0n) is 21.9. The van der Waals surface area contributed by atoms with Gasteiger partial charge in [0.25, 0.3) is 0 Å². The maximum absolute atomic E-state index is 13.0. The summed E-state index contributed by atoms with van der Waals surface area (Å²) in [5.41, 5.74) is 0.890. The van der Waals surface area contributed by atoms with E-state index < -0.39 is 15.8 Å². The van der Waals surface area contributed by atoms with Crippen LogP contribution in [0.5, 0.6) is 11.6 Å². The van der Waals surface area contributed by atoms with Crippen molar-refractivity contribution in [3.05, 3.63) is 90.1 Å². The number of aromatic nitrogens is 1. The van der Waals surface area contributed by atoms with Crippen molar-refractivity contribution in [1.29, 1.82) is 0 Å². The zero-order valence-corrected chi connectivity index (χ0v) is 22.7. The lowest BCUT2D eigenvalue weighted by Crippen LogP contribution is -2.18. The number of para-hydroxylation sites is 1. The number of sulfone groups is 1. The molecule has 0 radical (unpaired) electrons. The van der Waals surface area contributed by atoms with Crippen LogP contribution in [0, 0.1) is 5.92 Å². The van der Waals surface area contributed by atoms with E-state index in [1.807, 2.05) is 12.1 Å². The molecule has 8 nitrogen and oxygen atoms in total. The second-order valence-electron chi connectivity index (χ2n) is 10.1. The average Bonchev–Trinajstić information content (AvgIpc) is 2.94. The largest absolute Gasteiger partial charge is 0.478 e. The van der Waals surface area contributed by atoms with Crippen LogP contribution in [0.25, 0.3) is 10.8 Å². The summed E-state index contributed by atoms with van der Waals surface area (Å²) in [5, 5.41) is 13.6. The second kappa shape index (κ2) is 11.9. The molecule has 0 saturated heterocycles. The highest BCUT2D eigenvalue weighted by Gasteiger charge is 2.23. The fourth-order valence-electron chi connectivity index (χ4n) is 5.07. The number of amides is 1. The SMILES string of the molecule is O=C(Cc1ccc(Oc2ccc3cc(S(=O)(=O)CC4CCCCC4)ccc3c2)nc1)Nc1ccccc1C(=O)O. The fourth-order valence-corrected chi connectivity index (χ4v) is 6.80. The van der Waals surface area contributed by atoms with Crippen molar-refractivity contribution >= 4 is 38.2 Å². The van der Waals surface area contributed by atoms with E-state index >= 15 is 0 Å². The van der Waals surface area contributed by atoms with E-state index in [2.05, 4.69) is 10.3 Å². The van der Waals surface area contributed by atoms with Crippen LogP contribution in [-0.2, 0) is 21.1 Å². The summed E-state index contributed by atoms with van der Waals surface area (Å²) in [6.45, 7) is 0. The highest BCUT2D eigenvalue weighted by Crippen LogP contribution is 2.30. The maximum Gasteiger partial charge on any atom is 0.337 e. The minimum atomic E-state index is -3.34. The number of hydrogen-bond acceptors (Lipinski definition) is 6. The van der Waals surface area contributed by atoms with Crippen molar-refractivity contribution in [2.75, 3.05) is 11.1 Å². The lowest BCUT2D eigenvalue weighted by Gasteiger charge is -2.21. The number of hydrogen-bond donors (Lipinski definition) is 2. The molecule has 0 unspecified atom stereocenters. The number of anilines is 1. The molecule has 1 amide bonds. The summed E-state index contributed by atoms with van der Waals surface area (Å²) >= 11 is 0. The van der Waals surface area contributed by atoms with Gasteiger partial charge in [0.15, 0.2) is 9.84 Å². The molecule has 206 valence electrons. The Morgan fingerprint density at radius 3 is 2.42 bits per heavy atom.